The number of hydrogen-bond donors (Lipinski definition) is 3. The summed E-state index contributed by atoms with van der Waals surface area (Å²) in [6.07, 6.45) is 1.19. The molecule has 1 unspecified atom stereocenters. The standard InChI is InChI=1S/C15H25N3O3S.HI/c1-4-16-14(17-10-11-22(3,20)21)18-12-15(2,19)13-8-6-5-7-9-13;/h5-9,19H,4,10-12H2,1-3H3,(H2,16,17,18);1H. The average molecular weight is 455 g/mol. The van der Waals surface area contributed by atoms with Gasteiger partial charge in [0, 0.05) is 19.3 Å². The molecule has 1 aromatic carbocycles. The summed E-state index contributed by atoms with van der Waals surface area (Å²) in [4.78, 5) is 4.33. The van der Waals surface area contributed by atoms with E-state index in [1.807, 2.05) is 37.3 Å². The minimum Gasteiger partial charge on any atom is -0.384 e. The Morgan fingerprint density at radius 3 is 2.39 bits per heavy atom. The Bertz CT molecular complexity index is 589. The van der Waals surface area contributed by atoms with Crippen LogP contribution in [0.4, 0.5) is 0 Å². The van der Waals surface area contributed by atoms with E-state index in [1.54, 1.807) is 6.92 Å². The molecule has 1 atom stereocenters. The van der Waals surface area contributed by atoms with E-state index in [4.69, 9.17) is 0 Å². The molecule has 0 aliphatic carbocycles. The molecule has 23 heavy (non-hydrogen) atoms. The van der Waals surface area contributed by atoms with Crippen molar-refractivity contribution in [2.24, 2.45) is 4.99 Å². The number of guanidine groups is 1. The molecule has 0 bridgehead atoms. The summed E-state index contributed by atoms with van der Waals surface area (Å²) in [5.41, 5.74) is -0.300. The van der Waals surface area contributed by atoms with Crippen LogP contribution in [0.3, 0.4) is 0 Å². The molecule has 0 saturated carbocycles. The Labute approximate surface area is 155 Å². The third-order valence-electron chi connectivity index (χ3n) is 3.05. The van der Waals surface area contributed by atoms with Crippen LogP contribution >= 0.6 is 24.0 Å². The summed E-state index contributed by atoms with van der Waals surface area (Å²) < 4.78 is 22.3. The van der Waals surface area contributed by atoms with E-state index in [0.29, 0.717) is 12.5 Å². The lowest BCUT2D eigenvalue weighted by molar-refractivity contribution is 0.0672. The fourth-order valence-electron chi connectivity index (χ4n) is 1.82. The highest BCUT2D eigenvalue weighted by Gasteiger charge is 2.22. The number of aliphatic imine (C=N–C) groups is 1. The van der Waals surface area contributed by atoms with Gasteiger partial charge in [-0.25, -0.2) is 13.4 Å². The topological polar surface area (TPSA) is 90.8 Å². The largest absolute Gasteiger partial charge is 0.384 e. The second kappa shape index (κ2) is 10.1. The second-order valence-corrected chi connectivity index (χ2v) is 7.65. The quantitative estimate of drug-likeness (QED) is 0.326. The van der Waals surface area contributed by atoms with Crippen molar-refractivity contribution in [3.63, 3.8) is 0 Å². The highest BCUT2D eigenvalue weighted by Crippen LogP contribution is 2.20. The molecule has 0 saturated heterocycles. The van der Waals surface area contributed by atoms with Gasteiger partial charge >= 0.3 is 0 Å². The molecule has 132 valence electrons. The van der Waals surface area contributed by atoms with Crippen molar-refractivity contribution in [3.8, 4) is 0 Å². The molecule has 6 nitrogen and oxygen atoms in total. The van der Waals surface area contributed by atoms with E-state index in [2.05, 4.69) is 15.6 Å². The first-order chi connectivity index (χ1) is 10.2. The molecule has 0 aromatic heterocycles. The zero-order valence-corrected chi connectivity index (χ0v) is 16.9. The van der Waals surface area contributed by atoms with E-state index >= 15 is 0 Å². The molecule has 0 heterocycles. The molecule has 0 amide bonds. The third kappa shape index (κ3) is 9.11. The van der Waals surface area contributed by atoms with Gasteiger partial charge in [0.1, 0.15) is 15.4 Å². The van der Waals surface area contributed by atoms with E-state index in [9.17, 15) is 13.5 Å². The molecule has 0 radical (unpaired) electrons. The summed E-state index contributed by atoms with van der Waals surface area (Å²) in [5, 5.41) is 16.5. The van der Waals surface area contributed by atoms with Crippen molar-refractivity contribution in [1.29, 1.82) is 0 Å². The van der Waals surface area contributed by atoms with Crippen molar-refractivity contribution in [3.05, 3.63) is 35.9 Å². The lowest BCUT2D eigenvalue weighted by Crippen LogP contribution is -2.40. The summed E-state index contributed by atoms with van der Waals surface area (Å²) in [6, 6.07) is 9.31. The number of aliphatic hydroxyl groups is 1. The van der Waals surface area contributed by atoms with Gasteiger partial charge in [-0.3, -0.25) is 0 Å². The maximum atomic E-state index is 11.1. The van der Waals surface area contributed by atoms with Gasteiger partial charge in [0.05, 0.1) is 12.3 Å². The molecule has 0 aliphatic heterocycles. The molecule has 1 aromatic rings. The van der Waals surface area contributed by atoms with Crippen molar-refractivity contribution in [1.82, 2.24) is 10.6 Å². The monoisotopic (exact) mass is 455 g/mol. The number of nitrogens with zero attached hydrogens (tertiary/aromatic N) is 1. The normalized spacial score (nSPS) is 14.5. The van der Waals surface area contributed by atoms with Gasteiger partial charge in [0.15, 0.2) is 5.96 Å². The van der Waals surface area contributed by atoms with Crippen LogP contribution in [0.25, 0.3) is 0 Å². The van der Waals surface area contributed by atoms with Crippen LogP contribution < -0.4 is 10.6 Å². The average Bonchev–Trinajstić information content (AvgIpc) is 2.44. The number of nitrogens with one attached hydrogen (secondary N) is 2. The van der Waals surface area contributed by atoms with Crippen LogP contribution in [0.15, 0.2) is 35.3 Å². The number of hydrogen-bond acceptors (Lipinski definition) is 4. The Hall–Kier alpha value is -0.870. The van der Waals surface area contributed by atoms with Crippen LogP contribution in [-0.4, -0.2) is 51.1 Å². The number of rotatable bonds is 7. The highest BCUT2D eigenvalue weighted by atomic mass is 127. The van der Waals surface area contributed by atoms with Crippen molar-refractivity contribution in [2.45, 2.75) is 19.4 Å². The number of sulfone groups is 1. The van der Waals surface area contributed by atoms with Gasteiger partial charge in [-0.15, -0.1) is 24.0 Å². The van der Waals surface area contributed by atoms with Gasteiger partial charge in [-0.05, 0) is 19.4 Å². The van der Waals surface area contributed by atoms with Gasteiger partial charge in [0.25, 0.3) is 0 Å². The predicted molar refractivity (Wildman–Crippen MR) is 105 cm³/mol. The third-order valence-corrected chi connectivity index (χ3v) is 4.00. The fourth-order valence-corrected chi connectivity index (χ4v) is 2.29. The number of halogens is 1. The van der Waals surface area contributed by atoms with Crippen LogP contribution in [0.1, 0.15) is 19.4 Å². The van der Waals surface area contributed by atoms with E-state index in [0.717, 1.165) is 5.56 Å². The van der Waals surface area contributed by atoms with Gasteiger partial charge < -0.3 is 15.7 Å². The Morgan fingerprint density at radius 1 is 1.26 bits per heavy atom. The smallest absolute Gasteiger partial charge is 0.191 e. The Morgan fingerprint density at radius 2 is 1.87 bits per heavy atom. The summed E-state index contributed by atoms with van der Waals surface area (Å²) in [7, 11) is -3.02. The molecule has 0 spiro atoms. The van der Waals surface area contributed by atoms with Gasteiger partial charge in [-0.1, -0.05) is 30.3 Å². The minimum atomic E-state index is -3.02. The lowest BCUT2D eigenvalue weighted by Gasteiger charge is -2.22. The predicted octanol–water partition coefficient (Wildman–Crippen LogP) is 1.11. The van der Waals surface area contributed by atoms with E-state index < -0.39 is 15.4 Å². The van der Waals surface area contributed by atoms with Crippen molar-refractivity contribution < 1.29 is 13.5 Å². The van der Waals surface area contributed by atoms with Crippen LogP contribution in [-0.2, 0) is 15.4 Å². The summed E-state index contributed by atoms with van der Waals surface area (Å²) >= 11 is 0. The maximum absolute atomic E-state index is 11.1. The van der Waals surface area contributed by atoms with Gasteiger partial charge in [0.2, 0.25) is 0 Å². The van der Waals surface area contributed by atoms with E-state index in [1.165, 1.54) is 6.26 Å². The van der Waals surface area contributed by atoms with Crippen molar-refractivity contribution in [2.75, 3.05) is 31.6 Å². The summed E-state index contributed by atoms with van der Waals surface area (Å²) in [6.45, 7) is 4.72. The van der Waals surface area contributed by atoms with Crippen LogP contribution in [0, 0.1) is 0 Å². The molecule has 8 heteroatoms. The first-order valence-electron chi connectivity index (χ1n) is 7.22. The zero-order chi connectivity index (χ0) is 16.6. The SMILES string of the molecule is CCNC(=NCC(C)(O)c1ccccc1)NCCS(C)(=O)=O.I. The van der Waals surface area contributed by atoms with Crippen LogP contribution in [0.2, 0.25) is 0 Å². The first-order valence-corrected chi connectivity index (χ1v) is 9.28. The molecule has 0 aliphatic rings. The highest BCUT2D eigenvalue weighted by molar-refractivity contribution is 14.0. The molecular formula is C15H26IN3O3S. The fraction of sp³-hybridized carbons (Fsp3) is 0.533. The first kappa shape index (κ1) is 22.1. The maximum Gasteiger partial charge on any atom is 0.191 e. The molecule has 1 rings (SSSR count). The zero-order valence-electron chi connectivity index (χ0n) is 13.7. The number of benzene rings is 1. The Kier molecular flexibility index (Phi) is 9.71. The van der Waals surface area contributed by atoms with Gasteiger partial charge in [-0.2, -0.15) is 0 Å². The second-order valence-electron chi connectivity index (χ2n) is 5.39. The van der Waals surface area contributed by atoms with Crippen molar-refractivity contribution >= 4 is 39.8 Å². The summed E-state index contributed by atoms with van der Waals surface area (Å²) in [5.74, 6) is 0.523. The van der Waals surface area contributed by atoms with E-state index in [-0.39, 0.29) is 42.8 Å². The Balaban J connectivity index is 0.00000484. The molecule has 3 N–H and O–H groups in total. The van der Waals surface area contributed by atoms with Crippen LogP contribution in [0.5, 0.6) is 0 Å². The lowest BCUT2D eigenvalue weighted by atomic mass is 9.96. The minimum absolute atomic E-state index is 0. The molecular weight excluding hydrogens is 429 g/mol. The molecule has 0 fully saturated rings.